The Bertz CT molecular complexity index is 1530. The Morgan fingerprint density at radius 2 is 1.76 bits per heavy atom. The van der Waals surface area contributed by atoms with Crippen LogP contribution in [-0.4, -0.2) is 34.5 Å². The van der Waals surface area contributed by atoms with Crippen LogP contribution in [0.25, 0.3) is 11.0 Å². The van der Waals surface area contributed by atoms with Gasteiger partial charge in [0, 0.05) is 30.2 Å². The predicted molar refractivity (Wildman–Crippen MR) is 121 cm³/mol. The third-order valence-corrected chi connectivity index (χ3v) is 7.44. The van der Waals surface area contributed by atoms with Gasteiger partial charge in [0.05, 0.1) is 10.6 Å². The maximum Gasteiger partial charge on any atom is 0.346 e. The number of hydrogen-bond acceptors (Lipinski definition) is 9. The third kappa shape index (κ3) is 3.82. The SMILES string of the molecule is CCN(CC)c1ccc2cc(C3(S(=O)(=O)O)Nc4cc(S(N)(=O)=O)ccc4O3)c(=O)oc2c1. The summed E-state index contributed by atoms with van der Waals surface area (Å²) in [4.78, 5) is 14.6. The van der Waals surface area contributed by atoms with E-state index in [0.717, 1.165) is 37.0 Å². The fraction of sp³-hybridized carbons (Fsp3) is 0.250. The molecule has 0 saturated heterocycles. The average Bonchev–Trinajstić information content (AvgIpc) is 3.13. The van der Waals surface area contributed by atoms with Crippen LogP contribution in [0.3, 0.4) is 0 Å². The van der Waals surface area contributed by atoms with E-state index in [1.54, 1.807) is 18.2 Å². The van der Waals surface area contributed by atoms with E-state index in [4.69, 9.17) is 14.3 Å². The highest BCUT2D eigenvalue weighted by molar-refractivity contribution is 7.89. The second kappa shape index (κ2) is 7.73. The lowest BCUT2D eigenvalue weighted by atomic mass is 10.1. The number of rotatable bonds is 6. The minimum Gasteiger partial charge on any atom is -0.446 e. The minimum absolute atomic E-state index is 0.101. The Kier molecular flexibility index (Phi) is 5.40. The molecule has 4 rings (SSSR count). The van der Waals surface area contributed by atoms with Crippen LogP contribution in [-0.2, 0) is 25.2 Å². The van der Waals surface area contributed by atoms with Crippen LogP contribution in [0.4, 0.5) is 11.4 Å². The normalized spacial score (nSPS) is 17.9. The molecule has 1 aliphatic heterocycles. The molecule has 0 radical (unpaired) electrons. The van der Waals surface area contributed by atoms with Gasteiger partial charge in [-0.2, -0.15) is 8.42 Å². The second-order valence-electron chi connectivity index (χ2n) is 7.36. The molecule has 0 bridgehead atoms. The Morgan fingerprint density at radius 1 is 1.06 bits per heavy atom. The van der Waals surface area contributed by atoms with Gasteiger partial charge in [0.1, 0.15) is 16.9 Å². The van der Waals surface area contributed by atoms with Gasteiger partial charge in [0.15, 0.2) is 0 Å². The van der Waals surface area contributed by atoms with Crippen molar-refractivity contribution in [1.82, 2.24) is 0 Å². The maximum atomic E-state index is 12.9. The fourth-order valence-corrected chi connectivity index (χ4v) is 5.12. The summed E-state index contributed by atoms with van der Waals surface area (Å²) in [6.07, 6.45) is 0. The van der Waals surface area contributed by atoms with E-state index in [1.807, 2.05) is 18.7 Å². The number of benzene rings is 2. The summed E-state index contributed by atoms with van der Waals surface area (Å²) in [7, 11) is -9.24. The van der Waals surface area contributed by atoms with Gasteiger partial charge in [0.25, 0.3) is 0 Å². The molecule has 33 heavy (non-hydrogen) atoms. The molecule has 4 N–H and O–H groups in total. The third-order valence-electron chi connectivity index (χ3n) is 5.40. The van der Waals surface area contributed by atoms with Crippen molar-refractivity contribution in [2.75, 3.05) is 23.3 Å². The van der Waals surface area contributed by atoms with Gasteiger partial charge in [-0.1, -0.05) is 0 Å². The van der Waals surface area contributed by atoms with Crippen molar-refractivity contribution in [3.63, 3.8) is 0 Å². The molecule has 0 spiro atoms. The molecule has 0 aliphatic carbocycles. The summed E-state index contributed by atoms with van der Waals surface area (Å²) < 4.78 is 69.1. The summed E-state index contributed by atoms with van der Waals surface area (Å²) in [5, 5.41) is 5.18. The van der Waals surface area contributed by atoms with Crippen molar-refractivity contribution >= 4 is 42.5 Å². The Balaban J connectivity index is 1.88. The lowest BCUT2D eigenvalue weighted by molar-refractivity contribution is 0.185. The fourth-order valence-electron chi connectivity index (χ4n) is 3.72. The molecule has 0 amide bonds. The van der Waals surface area contributed by atoms with E-state index >= 15 is 0 Å². The average molecular weight is 496 g/mol. The minimum atomic E-state index is -5.14. The summed E-state index contributed by atoms with van der Waals surface area (Å²) in [6.45, 7) is 5.41. The molecule has 1 aromatic heterocycles. The number of ether oxygens (including phenoxy) is 1. The van der Waals surface area contributed by atoms with Gasteiger partial charge >= 0.3 is 20.8 Å². The van der Waals surface area contributed by atoms with Gasteiger partial charge in [0.2, 0.25) is 10.0 Å². The van der Waals surface area contributed by atoms with Gasteiger partial charge in [-0.15, -0.1) is 0 Å². The van der Waals surface area contributed by atoms with Gasteiger partial charge in [-0.3, -0.25) is 4.55 Å². The molecule has 0 fully saturated rings. The van der Waals surface area contributed by atoms with Crippen LogP contribution >= 0.6 is 0 Å². The molecular weight excluding hydrogens is 474 g/mol. The number of sulfonamides is 1. The summed E-state index contributed by atoms with van der Waals surface area (Å²) in [5.74, 6) is -0.114. The first kappa shape index (κ1) is 23.0. The molecule has 0 saturated carbocycles. The predicted octanol–water partition coefficient (Wildman–Crippen LogP) is 1.79. The number of anilines is 2. The topological polar surface area (TPSA) is 169 Å². The lowest BCUT2D eigenvalue weighted by Crippen LogP contribution is -2.48. The first-order valence-corrected chi connectivity index (χ1v) is 12.8. The summed E-state index contributed by atoms with van der Waals surface area (Å²) in [5.41, 5.74) is -0.683. The summed E-state index contributed by atoms with van der Waals surface area (Å²) in [6, 6.07) is 9.63. The molecule has 176 valence electrons. The number of nitrogens with zero attached hydrogens (tertiary/aromatic N) is 1. The van der Waals surface area contributed by atoms with Gasteiger partial charge in [-0.25, -0.2) is 18.4 Å². The zero-order valence-electron chi connectivity index (χ0n) is 17.6. The standard InChI is InChI=1S/C20H21N3O8S2/c1-3-23(4-2)13-6-5-12-9-15(19(24)30-18(12)10-13)20(33(27,28)29)22-16-11-14(32(21,25)26)7-8-17(16)31-20/h5-11,22H,3-4H2,1-2H3,(H2,21,25,26)(H,27,28,29). The van der Waals surface area contributed by atoms with E-state index in [1.165, 1.54) is 6.07 Å². The second-order valence-corrected chi connectivity index (χ2v) is 10.5. The molecule has 2 heterocycles. The maximum absolute atomic E-state index is 12.9. The van der Waals surface area contributed by atoms with Crippen LogP contribution in [0.15, 0.2) is 56.6 Å². The number of fused-ring (bicyclic) bond motifs is 2. The molecular formula is C20H21N3O8S2. The first-order valence-electron chi connectivity index (χ1n) is 9.84. The smallest absolute Gasteiger partial charge is 0.346 e. The quantitative estimate of drug-likeness (QED) is 0.338. The van der Waals surface area contributed by atoms with Gasteiger partial charge < -0.3 is 19.4 Å². The highest BCUT2D eigenvalue weighted by Crippen LogP contribution is 2.45. The van der Waals surface area contributed by atoms with E-state index < -0.39 is 36.4 Å². The highest BCUT2D eigenvalue weighted by Gasteiger charge is 2.55. The van der Waals surface area contributed by atoms with E-state index in [0.29, 0.717) is 5.39 Å². The van der Waals surface area contributed by atoms with E-state index in [-0.39, 0.29) is 21.9 Å². The van der Waals surface area contributed by atoms with Crippen molar-refractivity contribution < 1.29 is 30.5 Å². The zero-order valence-corrected chi connectivity index (χ0v) is 19.2. The number of primary sulfonamides is 1. The lowest BCUT2D eigenvalue weighted by Gasteiger charge is -2.25. The van der Waals surface area contributed by atoms with Crippen molar-refractivity contribution in [3.8, 4) is 5.75 Å². The van der Waals surface area contributed by atoms with Crippen LogP contribution in [0.1, 0.15) is 19.4 Å². The Hall–Kier alpha value is -3.13. The number of nitrogens with two attached hydrogens (primary N) is 1. The van der Waals surface area contributed by atoms with Crippen LogP contribution < -0.4 is 25.7 Å². The van der Waals surface area contributed by atoms with E-state index in [9.17, 15) is 26.2 Å². The molecule has 13 heteroatoms. The van der Waals surface area contributed by atoms with Crippen LogP contribution in [0.2, 0.25) is 0 Å². The molecule has 1 atom stereocenters. The molecule has 11 nitrogen and oxygen atoms in total. The van der Waals surface area contributed by atoms with Crippen LogP contribution in [0, 0.1) is 0 Å². The number of hydrogen-bond donors (Lipinski definition) is 3. The van der Waals surface area contributed by atoms with Crippen molar-refractivity contribution in [2.24, 2.45) is 5.14 Å². The Morgan fingerprint density at radius 3 is 2.36 bits per heavy atom. The first-order chi connectivity index (χ1) is 15.4. The van der Waals surface area contributed by atoms with Gasteiger partial charge in [-0.05, 0) is 50.2 Å². The molecule has 3 aromatic rings. The molecule has 2 aromatic carbocycles. The van der Waals surface area contributed by atoms with Crippen LogP contribution in [0.5, 0.6) is 5.75 Å². The van der Waals surface area contributed by atoms with E-state index in [2.05, 4.69) is 5.32 Å². The van der Waals surface area contributed by atoms with Crippen molar-refractivity contribution in [3.05, 3.63) is 58.4 Å². The van der Waals surface area contributed by atoms with Crippen molar-refractivity contribution in [1.29, 1.82) is 0 Å². The monoisotopic (exact) mass is 495 g/mol. The zero-order chi connectivity index (χ0) is 24.2. The molecule has 1 aliphatic rings. The largest absolute Gasteiger partial charge is 0.446 e. The highest BCUT2D eigenvalue weighted by atomic mass is 32.2. The number of nitrogens with one attached hydrogen (secondary N) is 1. The summed E-state index contributed by atoms with van der Waals surface area (Å²) >= 11 is 0. The van der Waals surface area contributed by atoms with Crippen molar-refractivity contribution in [2.45, 2.75) is 23.8 Å². The Labute approximate surface area is 189 Å². The molecule has 1 unspecified atom stereocenters.